The van der Waals surface area contributed by atoms with Crippen LogP contribution in [0.3, 0.4) is 0 Å². The first kappa shape index (κ1) is 13.3. The van der Waals surface area contributed by atoms with Crippen LogP contribution in [0.5, 0.6) is 0 Å². The van der Waals surface area contributed by atoms with E-state index in [1.807, 2.05) is 71.4 Å². The van der Waals surface area contributed by atoms with Crippen LogP contribution in [-0.4, -0.2) is 24.7 Å². The molecule has 5 heteroatoms. The molecular weight excluding hydrogens is 286 g/mol. The molecule has 0 fully saturated rings. The third-order valence-electron chi connectivity index (χ3n) is 3.50. The van der Waals surface area contributed by atoms with E-state index in [0.717, 1.165) is 28.6 Å². The fourth-order valence-electron chi connectivity index (χ4n) is 2.41. The summed E-state index contributed by atoms with van der Waals surface area (Å²) in [7, 11) is 0. The minimum atomic E-state index is 0.755. The van der Waals surface area contributed by atoms with E-state index >= 15 is 0 Å². The number of hydrogen-bond acceptors (Lipinski definition) is 4. The maximum absolute atomic E-state index is 4.38. The van der Waals surface area contributed by atoms with Gasteiger partial charge in [0.2, 0.25) is 0 Å². The van der Waals surface area contributed by atoms with E-state index in [0.29, 0.717) is 0 Å². The van der Waals surface area contributed by atoms with Crippen molar-refractivity contribution in [3.05, 3.63) is 79.3 Å². The number of hydrogen-bond donors (Lipinski definition) is 0. The minimum Gasteiger partial charge on any atom is -0.300 e. The van der Waals surface area contributed by atoms with Crippen molar-refractivity contribution < 1.29 is 0 Å². The van der Waals surface area contributed by atoms with Crippen molar-refractivity contribution in [2.24, 2.45) is 0 Å². The Hall–Kier alpha value is -3.34. The molecule has 23 heavy (non-hydrogen) atoms. The Morgan fingerprint density at radius 1 is 0.609 bits per heavy atom. The number of nitrogens with zero attached hydrogens (tertiary/aromatic N) is 5. The van der Waals surface area contributed by atoms with Crippen LogP contribution in [0.2, 0.25) is 0 Å². The van der Waals surface area contributed by atoms with E-state index < -0.39 is 0 Å². The maximum Gasteiger partial charge on any atom is 0.137 e. The van der Waals surface area contributed by atoms with Gasteiger partial charge in [-0.25, -0.2) is 4.98 Å². The van der Waals surface area contributed by atoms with Crippen LogP contribution in [0.1, 0.15) is 0 Å². The highest BCUT2D eigenvalue weighted by Gasteiger charge is 2.09. The van der Waals surface area contributed by atoms with Gasteiger partial charge in [0.1, 0.15) is 17.2 Å². The summed E-state index contributed by atoms with van der Waals surface area (Å²) < 4.78 is 1.99. The first-order valence-electron chi connectivity index (χ1n) is 7.26. The van der Waals surface area contributed by atoms with Crippen molar-refractivity contribution in [2.75, 3.05) is 0 Å². The second kappa shape index (κ2) is 5.81. The molecule has 4 aromatic rings. The molecule has 0 radical (unpaired) electrons. The molecule has 0 bridgehead atoms. The molecule has 0 unspecified atom stereocenters. The second-order valence-electron chi connectivity index (χ2n) is 4.97. The van der Waals surface area contributed by atoms with Gasteiger partial charge in [0.05, 0.1) is 11.4 Å². The maximum atomic E-state index is 4.38. The molecule has 0 saturated carbocycles. The van der Waals surface area contributed by atoms with E-state index in [-0.39, 0.29) is 0 Å². The fourth-order valence-corrected chi connectivity index (χ4v) is 2.41. The smallest absolute Gasteiger partial charge is 0.137 e. The second-order valence-corrected chi connectivity index (χ2v) is 4.97. The van der Waals surface area contributed by atoms with Crippen molar-refractivity contribution in [1.82, 2.24) is 24.7 Å². The molecule has 0 aliphatic carbocycles. The van der Waals surface area contributed by atoms with Crippen LogP contribution in [0.25, 0.3) is 28.6 Å². The number of aromatic nitrogens is 5. The predicted molar refractivity (Wildman–Crippen MR) is 87.8 cm³/mol. The van der Waals surface area contributed by atoms with Gasteiger partial charge in [0.25, 0.3) is 0 Å². The summed E-state index contributed by atoms with van der Waals surface area (Å²) in [5.74, 6) is 0.850. The first-order chi connectivity index (χ1) is 11.4. The molecule has 4 aromatic heterocycles. The van der Waals surface area contributed by atoms with Crippen LogP contribution in [-0.2, 0) is 0 Å². The lowest BCUT2D eigenvalue weighted by Gasteiger charge is -2.07. The highest BCUT2D eigenvalue weighted by atomic mass is 15.1. The quantitative estimate of drug-likeness (QED) is 0.582. The van der Waals surface area contributed by atoms with Crippen LogP contribution in [0.4, 0.5) is 0 Å². The van der Waals surface area contributed by atoms with Crippen LogP contribution in [0.15, 0.2) is 79.3 Å². The van der Waals surface area contributed by atoms with Gasteiger partial charge in [0.15, 0.2) is 0 Å². The molecule has 0 aliphatic rings. The lowest BCUT2D eigenvalue weighted by Crippen LogP contribution is -2.00. The summed E-state index contributed by atoms with van der Waals surface area (Å²) in [6.45, 7) is 0. The lowest BCUT2D eigenvalue weighted by molar-refractivity contribution is 0.978. The van der Waals surface area contributed by atoms with Crippen LogP contribution >= 0.6 is 0 Å². The van der Waals surface area contributed by atoms with Gasteiger partial charge in [-0.05, 0) is 48.5 Å². The lowest BCUT2D eigenvalue weighted by atomic mass is 10.2. The Kier molecular flexibility index (Phi) is 3.37. The standard InChI is InChI=1S/C18H13N5/c1-3-11-19-14(6-1)15-9-10-16(22-21-15)17-7-5-13-23(17)18-8-2-4-12-20-18/h1-13H. The van der Waals surface area contributed by atoms with Gasteiger partial charge in [0, 0.05) is 18.6 Å². The Labute approximate surface area is 133 Å². The molecule has 0 N–H and O–H groups in total. The molecule has 0 aromatic carbocycles. The monoisotopic (exact) mass is 299 g/mol. The summed E-state index contributed by atoms with van der Waals surface area (Å²) in [6.07, 6.45) is 5.48. The minimum absolute atomic E-state index is 0.755. The zero-order valence-corrected chi connectivity index (χ0v) is 12.2. The predicted octanol–water partition coefficient (Wildman–Crippen LogP) is 3.39. The summed E-state index contributed by atoms with van der Waals surface area (Å²) >= 11 is 0. The molecular formula is C18H13N5. The zero-order valence-electron chi connectivity index (χ0n) is 12.2. The molecule has 0 spiro atoms. The molecule has 0 saturated heterocycles. The van der Waals surface area contributed by atoms with Gasteiger partial charge in [-0.15, -0.1) is 10.2 Å². The van der Waals surface area contributed by atoms with E-state index in [2.05, 4.69) is 20.2 Å². The largest absolute Gasteiger partial charge is 0.300 e. The molecule has 5 nitrogen and oxygen atoms in total. The molecule has 110 valence electrons. The average molecular weight is 299 g/mol. The van der Waals surface area contributed by atoms with Gasteiger partial charge in [-0.3, -0.25) is 9.55 Å². The van der Waals surface area contributed by atoms with Crippen molar-refractivity contribution in [3.8, 4) is 28.6 Å². The highest BCUT2D eigenvalue weighted by molar-refractivity contribution is 5.61. The molecule has 0 aliphatic heterocycles. The first-order valence-corrected chi connectivity index (χ1v) is 7.26. The summed E-state index contributed by atoms with van der Waals surface area (Å²) in [5, 5.41) is 8.64. The van der Waals surface area contributed by atoms with Gasteiger partial charge >= 0.3 is 0 Å². The summed E-state index contributed by atoms with van der Waals surface area (Å²) in [4.78, 5) is 8.67. The Morgan fingerprint density at radius 2 is 1.39 bits per heavy atom. The number of rotatable bonds is 3. The normalized spacial score (nSPS) is 10.6. The van der Waals surface area contributed by atoms with E-state index in [1.54, 1.807) is 12.4 Å². The van der Waals surface area contributed by atoms with Gasteiger partial charge in [-0.2, -0.15) is 0 Å². The van der Waals surface area contributed by atoms with E-state index in [1.165, 1.54) is 0 Å². The molecule has 4 heterocycles. The highest BCUT2D eigenvalue weighted by Crippen LogP contribution is 2.22. The van der Waals surface area contributed by atoms with E-state index in [4.69, 9.17) is 0 Å². The Balaban J connectivity index is 1.72. The molecule has 4 rings (SSSR count). The van der Waals surface area contributed by atoms with Crippen LogP contribution < -0.4 is 0 Å². The Morgan fingerprint density at radius 3 is 2.09 bits per heavy atom. The summed E-state index contributed by atoms with van der Waals surface area (Å²) in [5.41, 5.74) is 3.31. The summed E-state index contributed by atoms with van der Waals surface area (Å²) in [6, 6.07) is 19.4. The molecule has 0 amide bonds. The fraction of sp³-hybridized carbons (Fsp3) is 0. The van der Waals surface area contributed by atoms with Crippen molar-refractivity contribution in [2.45, 2.75) is 0 Å². The van der Waals surface area contributed by atoms with Crippen molar-refractivity contribution in [1.29, 1.82) is 0 Å². The Bertz CT molecular complexity index is 899. The van der Waals surface area contributed by atoms with E-state index in [9.17, 15) is 0 Å². The van der Waals surface area contributed by atoms with Gasteiger partial charge < -0.3 is 0 Å². The average Bonchev–Trinajstić information content (AvgIpc) is 3.13. The molecule has 0 atom stereocenters. The van der Waals surface area contributed by atoms with Crippen molar-refractivity contribution in [3.63, 3.8) is 0 Å². The zero-order chi connectivity index (χ0) is 15.5. The topological polar surface area (TPSA) is 56.5 Å². The van der Waals surface area contributed by atoms with Crippen molar-refractivity contribution >= 4 is 0 Å². The third-order valence-corrected chi connectivity index (χ3v) is 3.50. The SMILES string of the molecule is c1ccc(-c2ccc(-c3cccn3-c3ccccn3)nn2)nc1. The van der Waals surface area contributed by atoms with Gasteiger partial charge in [-0.1, -0.05) is 12.1 Å². The third kappa shape index (κ3) is 2.60. The number of pyridine rings is 2. The van der Waals surface area contributed by atoms with Crippen LogP contribution in [0, 0.1) is 0 Å².